The van der Waals surface area contributed by atoms with Gasteiger partial charge >= 0.3 is 6.01 Å². The van der Waals surface area contributed by atoms with Crippen LogP contribution in [-0.4, -0.2) is 35.8 Å². The van der Waals surface area contributed by atoms with Gasteiger partial charge in [0.15, 0.2) is 0 Å². The highest BCUT2D eigenvalue weighted by Crippen LogP contribution is 2.16. The molecule has 1 fully saturated rings. The van der Waals surface area contributed by atoms with Gasteiger partial charge in [-0.3, -0.25) is 0 Å². The lowest BCUT2D eigenvalue weighted by Gasteiger charge is -2.22. The summed E-state index contributed by atoms with van der Waals surface area (Å²) in [6.45, 7) is 6.38. The van der Waals surface area contributed by atoms with E-state index >= 15 is 0 Å². The zero-order valence-electron chi connectivity index (χ0n) is 10.4. The van der Waals surface area contributed by atoms with Crippen LogP contribution in [0.1, 0.15) is 25.5 Å². The van der Waals surface area contributed by atoms with Crippen molar-refractivity contribution in [2.24, 2.45) is 0 Å². The Bertz CT molecular complexity index is 365. The molecule has 0 spiro atoms. The van der Waals surface area contributed by atoms with E-state index in [1.807, 2.05) is 19.9 Å². The lowest BCUT2D eigenvalue weighted by Crippen LogP contribution is -2.37. The van der Waals surface area contributed by atoms with Crippen molar-refractivity contribution < 1.29 is 9.47 Å². The van der Waals surface area contributed by atoms with E-state index in [4.69, 9.17) is 9.47 Å². The van der Waals surface area contributed by atoms with Crippen LogP contribution in [0.15, 0.2) is 6.07 Å². The molecular weight excluding hydrogens is 218 g/mol. The third-order valence-corrected chi connectivity index (χ3v) is 2.63. The van der Waals surface area contributed by atoms with Gasteiger partial charge in [-0.15, -0.1) is 0 Å². The SMILES string of the molecule is CCOc1cc(C)nc(O[C@H]2CCCNC2)n1. The Morgan fingerprint density at radius 1 is 1.47 bits per heavy atom. The topological polar surface area (TPSA) is 56.3 Å². The fourth-order valence-electron chi connectivity index (χ4n) is 1.86. The van der Waals surface area contributed by atoms with Crippen LogP contribution in [0, 0.1) is 6.92 Å². The Kier molecular flexibility index (Phi) is 4.14. The molecule has 17 heavy (non-hydrogen) atoms. The number of aromatic nitrogens is 2. The highest BCUT2D eigenvalue weighted by molar-refractivity contribution is 5.17. The summed E-state index contributed by atoms with van der Waals surface area (Å²) in [5, 5.41) is 3.30. The van der Waals surface area contributed by atoms with Crippen LogP contribution < -0.4 is 14.8 Å². The predicted octanol–water partition coefficient (Wildman–Crippen LogP) is 1.31. The van der Waals surface area contributed by atoms with E-state index in [1.54, 1.807) is 0 Å². The van der Waals surface area contributed by atoms with E-state index < -0.39 is 0 Å². The second-order valence-corrected chi connectivity index (χ2v) is 4.15. The van der Waals surface area contributed by atoms with Gasteiger partial charge in [0.2, 0.25) is 5.88 Å². The van der Waals surface area contributed by atoms with Crippen LogP contribution in [0.4, 0.5) is 0 Å². The zero-order chi connectivity index (χ0) is 12.1. The predicted molar refractivity (Wildman–Crippen MR) is 64.5 cm³/mol. The summed E-state index contributed by atoms with van der Waals surface area (Å²) >= 11 is 0. The summed E-state index contributed by atoms with van der Waals surface area (Å²) < 4.78 is 11.1. The molecule has 1 aliphatic rings. The molecule has 0 aliphatic carbocycles. The molecule has 0 aromatic carbocycles. The molecule has 0 bridgehead atoms. The number of piperidine rings is 1. The second kappa shape index (κ2) is 5.82. The van der Waals surface area contributed by atoms with Crippen LogP contribution in [0.3, 0.4) is 0 Å². The molecule has 1 aliphatic heterocycles. The summed E-state index contributed by atoms with van der Waals surface area (Å²) in [6.07, 6.45) is 2.35. The van der Waals surface area contributed by atoms with Crippen molar-refractivity contribution in [2.45, 2.75) is 32.8 Å². The van der Waals surface area contributed by atoms with Crippen molar-refractivity contribution in [3.05, 3.63) is 11.8 Å². The molecule has 0 unspecified atom stereocenters. The molecular formula is C12H19N3O2. The van der Waals surface area contributed by atoms with Gasteiger partial charge in [-0.05, 0) is 33.2 Å². The molecule has 1 atom stereocenters. The molecule has 1 aromatic heterocycles. The first-order chi connectivity index (χ1) is 8.28. The van der Waals surface area contributed by atoms with Crippen molar-refractivity contribution in [3.63, 3.8) is 0 Å². The van der Waals surface area contributed by atoms with Crippen LogP contribution in [0.2, 0.25) is 0 Å². The largest absolute Gasteiger partial charge is 0.478 e. The van der Waals surface area contributed by atoms with Gasteiger partial charge in [-0.1, -0.05) is 0 Å². The summed E-state index contributed by atoms with van der Waals surface area (Å²) in [7, 11) is 0. The van der Waals surface area contributed by atoms with Crippen molar-refractivity contribution >= 4 is 0 Å². The average Bonchev–Trinajstić information content (AvgIpc) is 2.30. The van der Waals surface area contributed by atoms with E-state index in [0.29, 0.717) is 18.5 Å². The first-order valence-corrected chi connectivity index (χ1v) is 6.14. The quantitative estimate of drug-likeness (QED) is 0.855. The maximum atomic E-state index is 5.76. The summed E-state index contributed by atoms with van der Waals surface area (Å²) in [5.74, 6) is 0.582. The standard InChI is InChI=1S/C12H19N3O2/c1-3-16-11-7-9(2)14-12(15-11)17-10-5-4-6-13-8-10/h7,10,13H,3-6,8H2,1-2H3/t10-/m0/s1. The minimum Gasteiger partial charge on any atom is -0.478 e. The summed E-state index contributed by atoms with van der Waals surface area (Å²) in [5.41, 5.74) is 0.863. The summed E-state index contributed by atoms with van der Waals surface area (Å²) in [4.78, 5) is 8.50. The Labute approximate surface area is 102 Å². The number of aryl methyl sites for hydroxylation is 1. The van der Waals surface area contributed by atoms with Gasteiger partial charge in [0.05, 0.1) is 6.61 Å². The fraction of sp³-hybridized carbons (Fsp3) is 0.667. The molecule has 0 radical (unpaired) electrons. The van der Waals surface area contributed by atoms with E-state index in [9.17, 15) is 0 Å². The normalized spacial score (nSPS) is 20.0. The molecule has 2 heterocycles. The molecule has 5 heteroatoms. The van der Waals surface area contributed by atoms with Crippen molar-refractivity contribution in [1.29, 1.82) is 0 Å². The average molecular weight is 237 g/mol. The smallest absolute Gasteiger partial charge is 0.320 e. The highest BCUT2D eigenvalue weighted by atomic mass is 16.5. The number of ether oxygens (including phenoxy) is 2. The van der Waals surface area contributed by atoms with Gasteiger partial charge in [-0.25, -0.2) is 4.98 Å². The Morgan fingerprint density at radius 3 is 3.06 bits per heavy atom. The van der Waals surface area contributed by atoms with E-state index in [1.165, 1.54) is 0 Å². The maximum Gasteiger partial charge on any atom is 0.320 e. The third kappa shape index (κ3) is 3.56. The highest BCUT2D eigenvalue weighted by Gasteiger charge is 2.16. The Morgan fingerprint density at radius 2 is 2.35 bits per heavy atom. The minimum absolute atomic E-state index is 0.167. The Balaban J connectivity index is 2.03. The van der Waals surface area contributed by atoms with Crippen LogP contribution in [0.25, 0.3) is 0 Å². The number of rotatable bonds is 4. The first-order valence-electron chi connectivity index (χ1n) is 6.14. The Hall–Kier alpha value is -1.36. The number of nitrogens with one attached hydrogen (secondary N) is 1. The van der Waals surface area contributed by atoms with Gasteiger partial charge < -0.3 is 14.8 Å². The lowest BCUT2D eigenvalue weighted by molar-refractivity contribution is 0.151. The van der Waals surface area contributed by atoms with E-state index in [0.717, 1.165) is 31.6 Å². The fourth-order valence-corrected chi connectivity index (χ4v) is 1.86. The van der Waals surface area contributed by atoms with Crippen LogP contribution in [0.5, 0.6) is 11.9 Å². The molecule has 0 saturated carbocycles. The van der Waals surface area contributed by atoms with Crippen molar-refractivity contribution in [1.82, 2.24) is 15.3 Å². The number of nitrogens with zero attached hydrogens (tertiary/aromatic N) is 2. The third-order valence-electron chi connectivity index (χ3n) is 2.63. The van der Waals surface area contributed by atoms with Gasteiger partial charge in [0, 0.05) is 18.3 Å². The van der Waals surface area contributed by atoms with Crippen LogP contribution in [-0.2, 0) is 0 Å². The zero-order valence-corrected chi connectivity index (χ0v) is 10.4. The van der Waals surface area contributed by atoms with Gasteiger partial charge in [0.1, 0.15) is 6.10 Å². The van der Waals surface area contributed by atoms with Gasteiger partial charge in [0.25, 0.3) is 0 Å². The maximum absolute atomic E-state index is 5.76. The molecule has 1 aromatic rings. The molecule has 5 nitrogen and oxygen atoms in total. The van der Waals surface area contributed by atoms with Gasteiger partial charge in [-0.2, -0.15) is 4.98 Å². The second-order valence-electron chi connectivity index (χ2n) is 4.15. The summed E-state index contributed by atoms with van der Waals surface area (Å²) in [6, 6.07) is 2.23. The molecule has 2 rings (SSSR count). The molecule has 1 saturated heterocycles. The van der Waals surface area contributed by atoms with E-state index in [2.05, 4.69) is 15.3 Å². The van der Waals surface area contributed by atoms with E-state index in [-0.39, 0.29) is 6.10 Å². The van der Waals surface area contributed by atoms with Crippen LogP contribution >= 0.6 is 0 Å². The minimum atomic E-state index is 0.167. The number of hydrogen-bond donors (Lipinski definition) is 1. The molecule has 94 valence electrons. The van der Waals surface area contributed by atoms with Crippen molar-refractivity contribution in [3.8, 4) is 11.9 Å². The van der Waals surface area contributed by atoms with Crippen molar-refractivity contribution in [2.75, 3.05) is 19.7 Å². The monoisotopic (exact) mass is 237 g/mol. The number of hydrogen-bond acceptors (Lipinski definition) is 5. The first kappa shape index (κ1) is 12.1. The molecule has 0 amide bonds. The molecule has 1 N–H and O–H groups in total. The lowest BCUT2D eigenvalue weighted by atomic mass is 10.1.